The van der Waals surface area contributed by atoms with Crippen LogP contribution in [-0.2, 0) is 0 Å². The smallest absolute Gasteiger partial charge is 0.257 e. The van der Waals surface area contributed by atoms with Gasteiger partial charge in [-0.3, -0.25) is 4.79 Å². The lowest BCUT2D eigenvalue weighted by Gasteiger charge is -2.09. The summed E-state index contributed by atoms with van der Waals surface area (Å²) in [6.07, 6.45) is 0. The van der Waals surface area contributed by atoms with Crippen LogP contribution in [-0.4, -0.2) is 17.8 Å². The van der Waals surface area contributed by atoms with Crippen molar-refractivity contribution in [1.82, 2.24) is 0 Å². The van der Waals surface area contributed by atoms with Gasteiger partial charge in [0.15, 0.2) is 5.96 Å². The lowest BCUT2D eigenvalue weighted by Crippen LogP contribution is -2.26. The van der Waals surface area contributed by atoms with Crippen LogP contribution in [0.3, 0.4) is 0 Å². The number of nitrogens with zero attached hydrogens (tertiary/aromatic N) is 2. The molecule has 7 nitrogen and oxygen atoms in total. The second kappa shape index (κ2) is 7.28. The quantitative estimate of drug-likeness (QED) is 0.506. The number of benzene rings is 2. The van der Waals surface area contributed by atoms with Crippen molar-refractivity contribution in [1.29, 1.82) is 0 Å². The zero-order valence-corrected chi connectivity index (χ0v) is 13.6. The van der Waals surface area contributed by atoms with Crippen LogP contribution < -0.4 is 22.5 Å². The number of rotatable bonds is 3. The van der Waals surface area contributed by atoms with Gasteiger partial charge in [-0.25, -0.2) is 4.99 Å². The number of aryl methyl sites for hydroxylation is 2. The number of aliphatic imine (C=N–C) groups is 2. The number of guanidine groups is 2. The van der Waals surface area contributed by atoms with Crippen LogP contribution in [0.15, 0.2) is 52.4 Å². The first kappa shape index (κ1) is 17.0. The number of nitrogens with one attached hydrogen (secondary N) is 1. The summed E-state index contributed by atoms with van der Waals surface area (Å²) in [6, 6.07) is 12.6. The van der Waals surface area contributed by atoms with Crippen LogP contribution in [0.2, 0.25) is 0 Å². The number of carbonyl (C=O) groups is 1. The molecule has 0 aromatic heterocycles. The minimum absolute atomic E-state index is 0.123. The van der Waals surface area contributed by atoms with Crippen molar-refractivity contribution in [2.45, 2.75) is 13.8 Å². The summed E-state index contributed by atoms with van der Waals surface area (Å²) in [5, 5.41) is 2.86. The van der Waals surface area contributed by atoms with Gasteiger partial charge in [-0.1, -0.05) is 18.2 Å². The van der Waals surface area contributed by atoms with Gasteiger partial charge in [0, 0.05) is 5.69 Å². The molecule has 0 spiro atoms. The van der Waals surface area contributed by atoms with Crippen molar-refractivity contribution < 1.29 is 4.79 Å². The van der Waals surface area contributed by atoms with Crippen molar-refractivity contribution in [3.63, 3.8) is 0 Å². The van der Waals surface area contributed by atoms with Gasteiger partial charge < -0.3 is 22.5 Å². The molecular formula is C17H20N6O. The molecule has 0 aliphatic rings. The van der Waals surface area contributed by atoms with Crippen molar-refractivity contribution in [2.75, 3.05) is 5.32 Å². The summed E-state index contributed by atoms with van der Waals surface area (Å²) in [4.78, 5) is 20.3. The molecule has 0 unspecified atom stereocenters. The minimum Gasteiger partial charge on any atom is -0.370 e. The van der Waals surface area contributed by atoms with Crippen LogP contribution in [0.25, 0.3) is 0 Å². The Bertz CT molecular complexity index is 801. The van der Waals surface area contributed by atoms with Gasteiger partial charge in [0.2, 0.25) is 5.96 Å². The first-order valence-electron chi connectivity index (χ1n) is 7.27. The molecule has 0 bridgehead atoms. The van der Waals surface area contributed by atoms with Crippen LogP contribution in [0.4, 0.5) is 11.4 Å². The van der Waals surface area contributed by atoms with Crippen LogP contribution >= 0.6 is 0 Å². The molecule has 0 aliphatic carbocycles. The SMILES string of the molecule is Cc1cc(C)cc(NC(=O)c2ccccc2N=C(N)N=C(N)N)c1. The number of hydrogen-bond acceptors (Lipinski definition) is 2. The molecule has 24 heavy (non-hydrogen) atoms. The standard InChI is InChI=1S/C17H20N6O/c1-10-7-11(2)9-12(8-10)21-15(24)13-5-3-4-6-14(13)22-17(20)23-16(18)19/h3-9H,1-2H3,(H,21,24)(H6,18,19,20,22,23). The van der Waals surface area contributed by atoms with E-state index >= 15 is 0 Å². The lowest BCUT2D eigenvalue weighted by atomic mass is 10.1. The average Bonchev–Trinajstić information content (AvgIpc) is 2.45. The van der Waals surface area contributed by atoms with Gasteiger partial charge in [-0.05, 0) is 49.2 Å². The van der Waals surface area contributed by atoms with E-state index in [4.69, 9.17) is 17.2 Å². The largest absolute Gasteiger partial charge is 0.370 e. The number of para-hydroxylation sites is 1. The van der Waals surface area contributed by atoms with Crippen LogP contribution in [0, 0.1) is 13.8 Å². The fourth-order valence-corrected chi connectivity index (χ4v) is 2.29. The van der Waals surface area contributed by atoms with Crippen molar-refractivity contribution in [3.8, 4) is 0 Å². The Kier molecular flexibility index (Phi) is 5.16. The Morgan fingerprint density at radius 2 is 1.62 bits per heavy atom. The lowest BCUT2D eigenvalue weighted by molar-refractivity contribution is 0.102. The van der Waals surface area contributed by atoms with Crippen LogP contribution in [0.5, 0.6) is 0 Å². The zero-order chi connectivity index (χ0) is 17.7. The van der Waals surface area contributed by atoms with Gasteiger partial charge in [0.25, 0.3) is 5.91 Å². The van der Waals surface area contributed by atoms with Gasteiger partial charge in [-0.15, -0.1) is 0 Å². The fourth-order valence-electron chi connectivity index (χ4n) is 2.29. The molecule has 0 radical (unpaired) electrons. The maximum absolute atomic E-state index is 12.6. The van der Waals surface area contributed by atoms with E-state index in [1.54, 1.807) is 24.3 Å². The molecule has 1 amide bonds. The number of anilines is 1. The van der Waals surface area contributed by atoms with E-state index in [-0.39, 0.29) is 17.8 Å². The number of amides is 1. The van der Waals surface area contributed by atoms with Crippen molar-refractivity contribution in [3.05, 3.63) is 59.2 Å². The van der Waals surface area contributed by atoms with E-state index < -0.39 is 0 Å². The minimum atomic E-state index is -0.295. The monoisotopic (exact) mass is 324 g/mol. The molecule has 0 fully saturated rings. The van der Waals surface area contributed by atoms with Gasteiger partial charge >= 0.3 is 0 Å². The molecule has 2 aromatic carbocycles. The summed E-state index contributed by atoms with van der Waals surface area (Å²) in [5.41, 5.74) is 19.8. The molecule has 7 heteroatoms. The molecule has 2 aromatic rings. The maximum Gasteiger partial charge on any atom is 0.257 e. The fraction of sp³-hybridized carbons (Fsp3) is 0.118. The first-order valence-corrected chi connectivity index (χ1v) is 7.27. The predicted octanol–water partition coefficient (Wildman–Crippen LogP) is 1.78. The van der Waals surface area contributed by atoms with E-state index in [1.807, 2.05) is 32.0 Å². The topological polar surface area (TPSA) is 132 Å². The third-order valence-corrected chi connectivity index (χ3v) is 3.11. The molecule has 0 saturated carbocycles. The van der Waals surface area contributed by atoms with Crippen LogP contribution in [0.1, 0.15) is 21.5 Å². The molecule has 7 N–H and O–H groups in total. The second-order valence-electron chi connectivity index (χ2n) is 5.35. The highest BCUT2D eigenvalue weighted by Gasteiger charge is 2.11. The second-order valence-corrected chi connectivity index (χ2v) is 5.35. The predicted molar refractivity (Wildman–Crippen MR) is 97.4 cm³/mol. The third-order valence-electron chi connectivity index (χ3n) is 3.11. The van der Waals surface area contributed by atoms with E-state index in [0.717, 1.165) is 11.1 Å². The van der Waals surface area contributed by atoms with E-state index in [1.165, 1.54) is 0 Å². The zero-order valence-electron chi connectivity index (χ0n) is 13.6. The summed E-state index contributed by atoms with van der Waals surface area (Å²) < 4.78 is 0. The maximum atomic E-state index is 12.6. The average molecular weight is 324 g/mol. The number of hydrogen-bond donors (Lipinski definition) is 4. The Labute approximate surface area is 140 Å². The highest BCUT2D eigenvalue weighted by molar-refractivity contribution is 6.08. The molecule has 0 atom stereocenters. The summed E-state index contributed by atoms with van der Waals surface area (Å²) in [7, 11) is 0. The molecule has 0 aliphatic heterocycles. The van der Waals surface area contributed by atoms with E-state index in [0.29, 0.717) is 16.9 Å². The molecular weight excluding hydrogens is 304 g/mol. The first-order chi connectivity index (χ1) is 11.3. The number of carbonyl (C=O) groups excluding carboxylic acids is 1. The third kappa shape index (κ3) is 4.57. The van der Waals surface area contributed by atoms with Gasteiger partial charge in [0.05, 0.1) is 11.3 Å². The highest BCUT2D eigenvalue weighted by atomic mass is 16.1. The highest BCUT2D eigenvalue weighted by Crippen LogP contribution is 2.21. The Morgan fingerprint density at radius 3 is 2.25 bits per heavy atom. The van der Waals surface area contributed by atoms with Crippen molar-refractivity contribution >= 4 is 29.2 Å². The van der Waals surface area contributed by atoms with Gasteiger partial charge in [0.1, 0.15) is 0 Å². The summed E-state index contributed by atoms with van der Waals surface area (Å²) in [5.74, 6) is -0.619. The van der Waals surface area contributed by atoms with E-state index in [2.05, 4.69) is 15.3 Å². The number of nitrogens with two attached hydrogens (primary N) is 3. The molecule has 124 valence electrons. The summed E-state index contributed by atoms with van der Waals surface area (Å²) >= 11 is 0. The summed E-state index contributed by atoms with van der Waals surface area (Å²) in [6.45, 7) is 3.94. The van der Waals surface area contributed by atoms with Crippen molar-refractivity contribution in [2.24, 2.45) is 27.2 Å². The normalized spacial score (nSPS) is 11.0. The Balaban J connectivity index is 2.32. The van der Waals surface area contributed by atoms with E-state index in [9.17, 15) is 4.79 Å². The Morgan fingerprint density at radius 1 is 1.00 bits per heavy atom. The molecule has 0 saturated heterocycles. The molecule has 0 heterocycles. The molecule has 2 rings (SSSR count). The Hall–Kier alpha value is -3.35. The van der Waals surface area contributed by atoms with Gasteiger partial charge in [-0.2, -0.15) is 4.99 Å².